The SMILES string of the molecule is CC(=O)Nc1ccc(S(=O)(=O)N[C@@H](C)C(=O)N(C)C(C)c2cccc([N+](=O)[O-])c2)cc1. The Morgan fingerprint density at radius 3 is 2.26 bits per heavy atom. The molecule has 2 aromatic carbocycles. The lowest BCUT2D eigenvalue weighted by Crippen LogP contribution is -2.46. The maximum atomic E-state index is 12.8. The summed E-state index contributed by atoms with van der Waals surface area (Å²) in [5.74, 6) is -0.786. The van der Waals surface area contributed by atoms with Crippen LogP contribution in [0.1, 0.15) is 32.4 Å². The summed E-state index contributed by atoms with van der Waals surface area (Å²) in [7, 11) is -2.49. The maximum absolute atomic E-state index is 12.8. The van der Waals surface area contributed by atoms with Crippen molar-refractivity contribution in [3.8, 4) is 0 Å². The van der Waals surface area contributed by atoms with Crippen LogP contribution < -0.4 is 10.0 Å². The standard InChI is InChI=1S/C20H24N4O6S/c1-13(22-31(29,30)19-10-8-17(9-11-19)21-15(3)25)20(26)23(4)14(2)16-6-5-7-18(12-16)24(27)28/h5-14,22H,1-4H3,(H,21,25)/t13-,14?/m0/s1. The van der Waals surface area contributed by atoms with Gasteiger partial charge < -0.3 is 10.2 Å². The molecule has 0 aromatic heterocycles. The van der Waals surface area contributed by atoms with Gasteiger partial charge in [-0.1, -0.05) is 12.1 Å². The molecule has 166 valence electrons. The highest BCUT2D eigenvalue weighted by molar-refractivity contribution is 7.89. The van der Waals surface area contributed by atoms with Crippen LogP contribution in [-0.2, 0) is 19.6 Å². The van der Waals surface area contributed by atoms with Gasteiger partial charge in [0, 0.05) is 31.8 Å². The van der Waals surface area contributed by atoms with E-state index in [9.17, 15) is 28.1 Å². The van der Waals surface area contributed by atoms with Crippen LogP contribution in [0.2, 0.25) is 0 Å². The normalized spacial score (nSPS) is 13.2. The van der Waals surface area contributed by atoms with Crippen LogP contribution in [0.15, 0.2) is 53.4 Å². The number of hydrogen-bond donors (Lipinski definition) is 2. The summed E-state index contributed by atoms with van der Waals surface area (Å²) in [6.45, 7) is 4.45. The van der Waals surface area contributed by atoms with Gasteiger partial charge in [-0.15, -0.1) is 0 Å². The van der Waals surface area contributed by atoms with E-state index in [0.29, 0.717) is 11.3 Å². The molecule has 0 spiro atoms. The summed E-state index contributed by atoms with van der Waals surface area (Å²) >= 11 is 0. The lowest BCUT2D eigenvalue weighted by atomic mass is 10.1. The van der Waals surface area contributed by atoms with E-state index < -0.39 is 32.9 Å². The summed E-state index contributed by atoms with van der Waals surface area (Å²) in [4.78, 5) is 35.6. The minimum atomic E-state index is -3.99. The third kappa shape index (κ3) is 6.09. The van der Waals surface area contributed by atoms with Crippen molar-refractivity contribution in [2.24, 2.45) is 0 Å². The Morgan fingerprint density at radius 1 is 1.10 bits per heavy atom. The summed E-state index contributed by atoms with van der Waals surface area (Å²) in [5, 5.41) is 13.5. The molecule has 0 radical (unpaired) electrons. The number of nitro groups is 1. The van der Waals surface area contributed by atoms with E-state index in [0.717, 1.165) is 0 Å². The molecule has 31 heavy (non-hydrogen) atoms. The van der Waals surface area contributed by atoms with Crippen LogP contribution in [0.5, 0.6) is 0 Å². The number of sulfonamides is 1. The number of nitrogens with one attached hydrogen (secondary N) is 2. The number of likely N-dealkylation sites (N-methyl/N-ethyl adjacent to an activating group) is 1. The monoisotopic (exact) mass is 448 g/mol. The van der Waals surface area contributed by atoms with E-state index in [-0.39, 0.29) is 16.5 Å². The zero-order valence-corrected chi connectivity index (χ0v) is 18.3. The molecule has 0 saturated heterocycles. The van der Waals surface area contributed by atoms with Crippen LogP contribution >= 0.6 is 0 Å². The van der Waals surface area contributed by atoms with Crippen LogP contribution in [0.3, 0.4) is 0 Å². The zero-order valence-electron chi connectivity index (χ0n) is 17.5. The predicted octanol–water partition coefficient (Wildman–Crippen LogP) is 2.44. The van der Waals surface area contributed by atoms with Gasteiger partial charge >= 0.3 is 0 Å². The fourth-order valence-electron chi connectivity index (χ4n) is 2.89. The number of benzene rings is 2. The highest BCUT2D eigenvalue weighted by atomic mass is 32.2. The molecule has 0 aliphatic rings. The number of non-ortho nitro benzene ring substituents is 1. The number of carbonyl (C=O) groups is 2. The average Bonchev–Trinajstić information content (AvgIpc) is 2.71. The van der Waals surface area contributed by atoms with Crippen molar-refractivity contribution in [3.63, 3.8) is 0 Å². The highest BCUT2D eigenvalue weighted by Gasteiger charge is 2.27. The first-order valence-corrected chi connectivity index (χ1v) is 10.8. The second-order valence-corrected chi connectivity index (χ2v) is 8.74. The van der Waals surface area contributed by atoms with Crippen LogP contribution in [-0.4, -0.2) is 43.1 Å². The molecule has 2 atom stereocenters. The second kappa shape index (κ2) is 9.67. The molecule has 0 aliphatic heterocycles. The Balaban J connectivity index is 2.12. The molecule has 2 amide bonds. The average molecular weight is 449 g/mol. The minimum absolute atomic E-state index is 0.0596. The molecule has 10 nitrogen and oxygen atoms in total. The van der Waals surface area contributed by atoms with E-state index in [2.05, 4.69) is 10.0 Å². The lowest BCUT2D eigenvalue weighted by molar-refractivity contribution is -0.384. The summed E-state index contributed by atoms with van der Waals surface area (Å²) < 4.78 is 27.6. The Kier molecular flexibility index (Phi) is 7.47. The predicted molar refractivity (Wildman–Crippen MR) is 115 cm³/mol. The van der Waals surface area contributed by atoms with Crippen molar-refractivity contribution in [1.29, 1.82) is 0 Å². The number of nitrogens with zero attached hydrogens (tertiary/aromatic N) is 2. The van der Waals surface area contributed by atoms with Crippen molar-refractivity contribution in [2.45, 2.75) is 37.8 Å². The van der Waals surface area contributed by atoms with Gasteiger partial charge in [-0.2, -0.15) is 4.72 Å². The van der Waals surface area contributed by atoms with Crippen molar-refractivity contribution >= 4 is 33.2 Å². The molecule has 0 aliphatic carbocycles. The Bertz CT molecular complexity index is 1090. The molecule has 2 aromatic rings. The van der Waals surface area contributed by atoms with Crippen molar-refractivity contribution < 1.29 is 22.9 Å². The fraction of sp³-hybridized carbons (Fsp3) is 0.300. The number of anilines is 1. The Hall–Kier alpha value is -3.31. The third-order valence-electron chi connectivity index (χ3n) is 4.68. The molecule has 0 saturated carbocycles. The number of hydrogen-bond acceptors (Lipinski definition) is 6. The van der Waals surface area contributed by atoms with Gasteiger partial charge in [0.1, 0.15) is 0 Å². The molecule has 0 bridgehead atoms. The first-order chi connectivity index (χ1) is 14.4. The molecule has 1 unspecified atom stereocenters. The van der Waals surface area contributed by atoms with E-state index in [1.54, 1.807) is 13.0 Å². The Labute approximate surface area is 180 Å². The maximum Gasteiger partial charge on any atom is 0.269 e. The molecule has 2 rings (SSSR count). The molecular formula is C20H24N4O6S. The Morgan fingerprint density at radius 2 is 1.71 bits per heavy atom. The van der Waals surface area contributed by atoms with Gasteiger partial charge in [0.15, 0.2) is 0 Å². The molecule has 0 heterocycles. The number of amides is 2. The van der Waals surface area contributed by atoms with Crippen LogP contribution in [0.25, 0.3) is 0 Å². The number of carbonyl (C=O) groups excluding carboxylic acids is 2. The molecule has 11 heteroatoms. The van der Waals surface area contributed by atoms with Crippen molar-refractivity contribution in [1.82, 2.24) is 9.62 Å². The second-order valence-electron chi connectivity index (χ2n) is 7.03. The van der Waals surface area contributed by atoms with Crippen molar-refractivity contribution in [2.75, 3.05) is 12.4 Å². The topological polar surface area (TPSA) is 139 Å². The highest BCUT2D eigenvalue weighted by Crippen LogP contribution is 2.24. The van der Waals surface area contributed by atoms with Gasteiger partial charge in [-0.3, -0.25) is 19.7 Å². The van der Waals surface area contributed by atoms with Gasteiger partial charge in [-0.25, -0.2) is 8.42 Å². The zero-order chi connectivity index (χ0) is 23.3. The molecule has 2 N–H and O–H groups in total. The van der Waals surface area contributed by atoms with E-state index in [1.165, 1.54) is 68.3 Å². The van der Waals surface area contributed by atoms with E-state index in [4.69, 9.17) is 0 Å². The largest absolute Gasteiger partial charge is 0.338 e. The summed E-state index contributed by atoms with van der Waals surface area (Å²) in [6.07, 6.45) is 0. The van der Waals surface area contributed by atoms with Crippen LogP contribution in [0.4, 0.5) is 11.4 Å². The molecule has 0 fully saturated rings. The summed E-state index contributed by atoms with van der Waals surface area (Å²) in [5.41, 5.74) is 0.899. The van der Waals surface area contributed by atoms with Crippen molar-refractivity contribution in [3.05, 3.63) is 64.2 Å². The van der Waals surface area contributed by atoms with E-state index in [1.807, 2.05) is 0 Å². The smallest absolute Gasteiger partial charge is 0.269 e. The van der Waals surface area contributed by atoms with Gasteiger partial charge in [0.2, 0.25) is 21.8 Å². The lowest BCUT2D eigenvalue weighted by Gasteiger charge is -2.28. The summed E-state index contributed by atoms with van der Waals surface area (Å²) in [6, 6.07) is 9.85. The molecular weight excluding hydrogens is 424 g/mol. The first kappa shape index (κ1) is 24.0. The van der Waals surface area contributed by atoms with Gasteiger partial charge in [0.25, 0.3) is 5.69 Å². The third-order valence-corrected chi connectivity index (χ3v) is 6.24. The van der Waals surface area contributed by atoms with Crippen LogP contribution in [0, 0.1) is 10.1 Å². The quantitative estimate of drug-likeness (QED) is 0.470. The number of rotatable bonds is 8. The minimum Gasteiger partial charge on any atom is -0.338 e. The van der Waals surface area contributed by atoms with Gasteiger partial charge in [-0.05, 0) is 43.7 Å². The van der Waals surface area contributed by atoms with E-state index >= 15 is 0 Å². The van der Waals surface area contributed by atoms with Gasteiger partial charge in [0.05, 0.1) is 21.9 Å². The number of nitro benzene ring substituents is 1. The first-order valence-electron chi connectivity index (χ1n) is 9.33. The fourth-order valence-corrected chi connectivity index (χ4v) is 4.09.